The van der Waals surface area contributed by atoms with Crippen LogP contribution in [0.5, 0.6) is 0 Å². The van der Waals surface area contributed by atoms with Crippen molar-refractivity contribution >= 4 is 28.7 Å². The second-order valence-corrected chi connectivity index (χ2v) is 6.57. The van der Waals surface area contributed by atoms with E-state index in [1.165, 1.54) is 50.7 Å². The summed E-state index contributed by atoms with van der Waals surface area (Å²) in [7, 11) is 0. The number of non-ortho nitro benzene ring substituents is 1. The summed E-state index contributed by atoms with van der Waals surface area (Å²) in [5.41, 5.74) is 0.912. The van der Waals surface area contributed by atoms with Gasteiger partial charge in [-0.15, -0.1) is 0 Å². The third-order valence-corrected chi connectivity index (χ3v) is 5.17. The number of piperidine rings is 1. The molecule has 22 heavy (non-hydrogen) atoms. The fourth-order valence-corrected chi connectivity index (χ4v) is 4.08. The van der Waals surface area contributed by atoms with Gasteiger partial charge in [0.25, 0.3) is 5.69 Å². The van der Waals surface area contributed by atoms with Gasteiger partial charge >= 0.3 is 0 Å². The van der Waals surface area contributed by atoms with Gasteiger partial charge < -0.3 is 10.2 Å². The van der Waals surface area contributed by atoms with Crippen LogP contribution in [0.2, 0.25) is 0 Å². The lowest BCUT2D eigenvalue weighted by atomic mass is 9.78. The zero-order chi connectivity index (χ0) is 15.5. The van der Waals surface area contributed by atoms with Crippen LogP contribution in [0.3, 0.4) is 0 Å². The number of nitrogens with one attached hydrogen (secondary N) is 1. The number of hydrogen-bond acceptors (Lipinski definition) is 3. The minimum absolute atomic E-state index is 0.0989. The van der Waals surface area contributed by atoms with Crippen LogP contribution in [0.25, 0.3) is 0 Å². The molecule has 0 amide bonds. The van der Waals surface area contributed by atoms with Crippen molar-refractivity contribution in [3.05, 3.63) is 34.4 Å². The molecule has 1 saturated heterocycles. The summed E-state index contributed by atoms with van der Waals surface area (Å²) in [6, 6.07) is 7.01. The number of benzene rings is 1. The predicted octanol–water partition coefficient (Wildman–Crippen LogP) is 3.95. The van der Waals surface area contributed by atoms with Crippen LogP contribution in [0.15, 0.2) is 24.3 Å². The van der Waals surface area contributed by atoms with Crippen molar-refractivity contribution in [1.82, 2.24) is 4.90 Å². The Labute approximate surface area is 135 Å². The molecule has 1 aliphatic carbocycles. The molecule has 1 aromatic carbocycles. The molecule has 1 N–H and O–H groups in total. The number of likely N-dealkylation sites (tertiary alicyclic amines) is 1. The maximum atomic E-state index is 10.7. The van der Waals surface area contributed by atoms with E-state index in [1.807, 2.05) is 0 Å². The van der Waals surface area contributed by atoms with Gasteiger partial charge in [0.1, 0.15) is 0 Å². The van der Waals surface area contributed by atoms with E-state index >= 15 is 0 Å². The molecule has 0 spiro atoms. The summed E-state index contributed by atoms with van der Waals surface area (Å²) in [6.07, 6.45) is 7.70. The van der Waals surface area contributed by atoms with E-state index in [-0.39, 0.29) is 10.6 Å². The van der Waals surface area contributed by atoms with Gasteiger partial charge in [0.15, 0.2) is 5.11 Å². The highest BCUT2D eigenvalue weighted by Gasteiger charge is 2.34. The molecule has 0 aromatic heterocycles. The normalized spacial score (nSPS) is 24.5. The topological polar surface area (TPSA) is 58.4 Å². The first-order chi connectivity index (χ1) is 10.6. The average molecular weight is 319 g/mol. The number of nitro benzene ring substituents is 1. The molecule has 0 radical (unpaired) electrons. The molecular formula is C16H21N3O2S. The summed E-state index contributed by atoms with van der Waals surface area (Å²) >= 11 is 5.59. The largest absolute Gasteiger partial charge is 0.346 e. The van der Waals surface area contributed by atoms with Crippen molar-refractivity contribution in [3.63, 3.8) is 0 Å². The molecule has 1 heterocycles. The third kappa shape index (κ3) is 3.21. The lowest BCUT2D eigenvalue weighted by Crippen LogP contribution is -2.51. The quantitative estimate of drug-likeness (QED) is 0.508. The Bertz CT molecular complexity index is 559. The summed E-state index contributed by atoms with van der Waals surface area (Å²) in [5, 5.41) is 14.7. The smallest absolute Gasteiger partial charge is 0.269 e. The Balaban J connectivity index is 1.66. The number of rotatable bonds is 2. The first kappa shape index (κ1) is 15.2. The first-order valence-corrected chi connectivity index (χ1v) is 8.38. The minimum atomic E-state index is -0.390. The molecule has 118 valence electrons. The number of nitrogens with zero attached hydrogens (tertiary/aromatic N) is 2. The number of fused-ring (bicyclic) bond motifs is 1. The molecule has 2 atom stereocenters. The minimum Gasteiger partial charge on any atom is -0.346 e. The molecule has 0 bridgehead atoms. The molecule has 3 rings (SSSR count). The van der Waals surface area contributed by atoms with E-state index in [0.29, 0.717) is 6.04 Å². The summed E-state index contributed by atoms with van der Waals surface area (Å²) in [5.74, 6) is 0.777. The lowest BCUT2D eigenvalue weighted by Gasteiger charge is -2.45. The van der Waals surface area contributed by atoms with Crippen molar-refractivity contribution in [2.24, 2.45) is 5.92 Å². The molecule has 2 aliphatic rings. The fraction of sp³-hybridized carbons (Fsp3) is 0.562. The molecule has 2 fully saturated rings. The van der Waals surface area contributed by atoms with Crippen LogP contribution in [0.4, 0.5) is 11.4 Å². The Kier molecular flexibility index (Phi) is 4.57. The van der Waals surface area contributed by atoms with Crippen molar-refractivity contribution in [3.8, 4) is 0 Å². The average Bonchev–Trinajstić information content (AvgIpc) is 2.54. The van der Waals surface area contributed by atoms with Gasteiger partial charge in [-0.05, 0) is 56.0 Å². The highest BCUT2D eigenvalue weighted by molar-refractivity contribution is 7.80. The molecular weight excluding hydrogens is 298 g/mol. The van der Waals surface area contributed by atoms with Gasteiger partial charge in [0.05, 0.1) is 4.92 Å². The zero-order valence-corrected chi connectivity index (χ0v) is 13.3. The van der Waals surface area contributed by atoms with Crippen molar-refractivity contribution in [1.29, 1.82) is 0 Å². The monoisotopic (exact) mass is 319 g/mol. The number of anilines is 1. The van der Waals surface area contributed by atoms with Crippen LogP contribution in [-0.4, -0.2) is 27.5 Å². The number of nitro groups is 1. The lowest BCUT2D eigenvalue weighted by molar-refractivity contribution is -0.384. The molecule has 5 nitrogen and oxygen atoms in total. The van der Waals surface area contributed by atoms with Gasteiger partial charge in [0, 0.05) is 30.4 Å². The van der Waals surface area contributed by atoms with Crippen molar-refractivity contribution < 1.29 is 4.92 Å². The van der Waals surface area contributed by atoms with Gasteiger partial charge in [-0.2, -0.15) is 0 Å². The highest BCUT2D eigenvalue weighted by atomic mass is 32.1. The molecule has 1 aliphatic heterocycles. The Hall–Kier alpha value is -1.69. The second-order valence-electron chi connectivity index (χ2n) is 6.18. The third-order valence-electron chi connectivity index (χ3n) is 4.83. The molecule has 6 heteroatoms. The number of hydrogen-bond donors (Lipinski definition) is 1. The first-order valence-electron chi connectivity index (χ1n) is 7.97. The van der Waals surface area contributed by atoms with Gasteiger partial charge in [0.2, 0.25) is 0 Å². The van der Waals surface area contributed by atoms with Crippen molar-refractivity contribution in [2.75, 3.05) is 11.9 Å². The Morgan fingerprint density at radius 2 is 1.86 bits per heavy atom. The van der Waals surface area contributed by atoms with E-state index in [0.717, 1.165) is 23.3 Å². The SMILES string of the molecule is O=[N+]([O-])c1ccc(NC(=S)N2CCC[C@H]3CCCC[C@H]32)cc1. The van der Waals surface area contributed by atoms with E-state index < -0.39 is 0 Å². The van der Waals surface area contributed by atoms with E-state index in [4.69, 9.17) is 12.2 Å². The number of thiocarbonyl (C=S) groups is 1. The molecule has 0 unspecified atom stereocenters. The highest BCUT2D eigenvalue weighted by Crippen LogP contribution is 2.35. The van der Waals surface area contributed by atoms with Crippen LogP contribution in [0, 0.1) is 16.0 Å². The maximum absolute atomic E-state index is 10.7. The summed E-state index contributed by atoms with van der Waals surface area (Å²) in [4.78, 5) is 12.6. The van der Waals surface area contributed by atoms with Crippen LogP contribution in [-0.2, 0) is 0 Å². The van der Waals surface area contributed by atoms with Crippen LogP contribution >= 0.6 is 12.2 Å². The predicted molar refractivity (Wildman–Crippen MR) is 91.0 cm³/mol. The van der Waals surface area contributed by atoms with Gasteiger partial charge in [-0.3, -0.25) is 10.1 Å². The second kappa shape index (κ2) is 6.60. The van der Waals surface area contributed by atoms with Crippen LogP contribution < -0.4 is 5.32 Å². The van der Waals surface area contributed by atoms with E-state index in [2.05, 4.69) is 10.2 Å². The van der Waals surface area contributed by atoms with Gasteiger partial charge in [-0.1, -0.05) is 12.8 Å². The maximum Gasteiger partial charge on any atom is 0.269 e. The Morgan fingerprint density at radius 1 is 1.18 bits per heavy atom. The Morgan fingerprint density at radius 3 is 2.59 bits per heavy atom. The van der Waals surface area contributed by atoms with Crippen molar-refractivity contribution in [2.45, 2.75) is 44.6 Å². The summed E-state index contributed by atoms with van der Waals surface area (Å²) < 4.78 is 0. The van der Waals surface area contributed by atoms with Crippen LogP contribution in [0.1, 0.15) is 38.5 Å². The zero-order valence-electron chi connectivity index (χ0n) is 12.5. The van der Waals surface area contributed by atoms with E-state index in [9.17, 15) is 10.1 Å². The standard InChI is InChI=1S/C16H21N3O2S/c20-19(21)14-9-7-13(8-10-14)17-16(22)18-11-3-5-12-4-1-2-6-15(12)18/h7-10,12,15H,1-6,11H2,(H,17,22)/t12-,15-/m1/s1. The molecule has 1 saturated carbocycles. The van der Waals surface area contributed by atoms with Gasteiger partial charge in [-0.25, -0.2) is 0 Å². The fourth-order valence-electron chi connectivity index (χ4n) is 3.74. The molecule has 1 aromatic rings. The van der Waals surface area contributed by atoms with E-state index in [1.54, 1.807) is 12.1 Å². The summed E-state index contributed by atoms with van der Waals surface area (Å²) in [6.45, 7) is 1.01.